The Labute approximate surface area is 183 Å². The smallest absolute Gasteiger partial charge is 0.230 e. The van der Waals surface area contributed by atoms with Crippen LogP contribution in [0.3, 0.4) is 0 Å². The van der Waals surface area contributed by atoms with Crippen LogP contribution in [0.2, 0.25) is 0 Å². The summed E-state index contributed by atoms with van der Waals surface area (Å²) in [5, 5.41) is 5.99. The molecular weight excluding hydrogens is 436 g/mol. The number of hydrogen-bond donors (Lipinski definition) is 1. The van der Waals surface area contributed by atoms with Gasteiger partial charge >= 0.3 is 0 Å². The number of amides is 1. The lowest BCUT2D eigenvalue weighted by atomic mass is 10.1. The summed E-state index contributed by atoms with van der Waals surface area (Å²) >= 11 is 1.30. The van der Waals surface area contributed by atoms with Crippen molar-refractivity contribution >= 4 is 43.2 Å². The van der Waals surface area contributed by atoms with Gasteiger partial charge in [-0.05, 0) is 35.9 Å². The van der Waals surface area contributed by atoms with Crippen LogP contribution in [-0.2, 0) is 21.1 Å². The van der Waals surface area contributed by atoms with E-state index in [1.54, 1.807) is 26.2 Å². The molecule has 0 spiro atoms. The quantitative estimate of drug-likeness (QED) is 0.438. The van der Waals surface area contributed by atoms with Crippen molar-refractivity contribution in [3.63, 3.8) is 0 Å². The molecule has 4 rings (SSSR count). The molecule has 0 atom stereocenters. The molecule has 0 bridgehead atoms. The fraction of sp³-hybridized carbons (Fsp3) is 0.182. The highest BCUT2D eigenvalue weighted by molar-refractivity contribution is 7.91. The van der Waals surface area contributed by atoms with Gasteiger partial charge in [-0.1, -0.05) is 19.1 Å². The highest BCUT2D eigenvalue weighted by Crippen LogP contribution is 2.32. The van der Waals surface area contributed by atoms with Gasteiger partial charge in [0.15, 0.2) is 20.7 Å². The zero-order valence-electron chi connectivity index (χ0n) is 16.9. The molecule has 0 saturated heterocycles. The standard InChI is InChI=1S/C22H20N2O5S2/c1-3-31(26,27)17-8-4-14(5-9-17)10-21(25)24-22-23-18(13-30-22)20-11-15-6-7-16(28-2)12-19(15)29-20/h4-9,11-13H,3,10H2,1-2H3,(H,23,24,25). The Hall–Kier alpha value is -3.17. The maximum Gasteiger partial charge on any atom is 0.230 e. The van der Waals surface area contributed by atoms with Crippen molar-refractivity contribution in [2.45, 2.75) is 18.2 Å². The molecule has 0 aliphatic rings. The van der Waals surface area contributed by atoms with E-state index in [2.05, 4.69) is 10.3 Å². The number of furan rings is 1. The van der Waals surface area contributed by atoms with E-state index in [9.17, 15) is 13.2 Å². The van der Waals surface area contributed by atoms with Gasteiger partial charge in [0.25, 0.3) is 0 Å². The Kier molecular flexibility index (Phi) is 5.79. The molecule has 2 aromatic carbocycles. The highest BCUT2D eigenvalue weighted by atomic mass is 32.2. The van der Waals surface area contributed by atoms with E-state index >= 15 is 0 Å². The van der Waals surface area contributed by atoms with E-state index < -0.39 is 9.84 Å². The Morgan fingerprint density at radius 2 is 1.94 bits per heavy atom. The van der Waals surface area contributed by atoms with Crippen molar-refractivity contribution in [1.82, 2.24) is 4.98 Å². The van der Waals surface area contributed by atoms with Crippen LogP contribution >= 0.6 is 11.3 Å². The van der Waals surface area contributed by atoms with Gasteiger partial charge in [0, 0.05) is 16.8 Å². The molecule has 1 amide bonds. The molecule has 0 aliphatic carbocycles. The van der Waals surface area contributed by atoms with Gasteiger partial charge in [-0.2, -0.15) is 0 Å². The summed E-state index contributed by atoms with van der Waals surface area (Å²) < 4.78 is 34.8. The van der Waals surface area contributed by atoms with E-state index in [1.165, 1.54) is 23.5 Å². The van der Waals surface area contributed by atoms with Gasteiger partial charge in [0.1, 0.15) is 17.0 Å². The summed E-state index contributed by atoms with van der Waals surface area (Å²) in [4.78, 5) is 17.1. The first-order chi connectivity index (χ1) is 14.9. The van der Waals surface area contributed by atoms with Crippen LogP contribution in [-0.4, -0.2) is 32.2 Å². The number of fused-ring (bicyclic) bond motifs is 1. The third-order valence-electron chi connectivity index (χ3n) is 4.76. The molecular formula is C22H20N2O5S2. The molecule has 1 N–H and O–H groups in total. The molecule has 0 aliphatic heterocycles. The molecule has 2 aromatic heterocycles. The molecule has 0 unspecified atom stereocenters. The molecule has 31 heavy (non-hydrogen) atoms. The van der Waals surface area contributed by atoms with Gasteiger partial charge < -0.3 is 14.5 Å². The summed E-state index contributed by atoms with van der Waals surface area (Å²) in [6.45, 7) is 1.60. The van der Waals surface area contributed by atoms with Gasteiger partial charge in [0.05, 0.1) is 24.2 Å². The third kappa shape index (κ3) is 4.62. The maximum absolute atomic E-state index is 12.4. The first-order valence-corrected chi connectivity index (χ1v) is 12.1. The molecule has 0 fully saturated rings. The Balaban J connectivity index is 1.43. The van der Waals surface area contributed by atoms with Crippen molar-refractivity contribution in [3.05, 3.63) is 59.5 Å². The van der Waals surface area contributed by atoms with Crippen LogP contribution in [0, 0.1) is 0 Å². The number of hydrogen-bond acceptors (Lipinski definition) is 7. The van der Waals surface area contributed by atoms with E-state index in [-0.39, 0.29) is 23.0 Å². The van der Waals surface area contributed by atoms with Crippen LogP contribution in [0.25, 0.3) is 22.4 Å². The number of carbonyl (C=O) groups is 1. The van der Waals surface area contributed by atoms with Crippen molar-refractivity contribution < 1.29 is 22.4 Å². The molecule has 9 heteroatoms. The lowest BCUT2D eigenvalue weighted by Crippen LogP contribution is -2.14. The van der Waals surface area contributed by atoms with Crippen LogP contribution in [0.15, 0.2) is 63.2 Å². The summed E-state index contributed by atoms with van der Waals surface area (Å²) in [5.41, 5.74) is 2.04. The minimum absolute atomic E-state index is 0.0397. The Bertz CT molecular complexity index is 1340. The van der Waals surface area contributed by atoms with E-state index in [1.807, 2.05) is 29.6 Å². The van der Waals surface area contributed by atoms with Crippen molar-refractivity contribution in [2.24, 2.45) is 0 Å². The number of thiazole rings is 1. The second-order valence-electron chi connectivity index (χ2n) is 6.82. The number of ether oxygens (including phenoxy) is 1. The zero-order chi connectivity index (χ0) is 22.0. The minimum atomic E-state index is -3.25. The topological polar surface area (TPSA) is 98.5 Å². The predicted octanol–water partition coefficient (Wildman–Crippen LogP) is 4.54. The largest absolute Gasteiger partial charge is 0.497 e. The van der Waals surface area contributed by atoms with Crippen molar-refractivity contribution in [3.8, 4) is 17.2 Å². The highest BCUT2D eigenvalue weighted by Gasteiger charge is 2.14. The fourth-order valence-electron chi connectivity index (χ4n) is 3.04. The lowest BCUT2D eigenvalue weighted by Gasteiger charge is -2.04. The number of benzene rings is 2. The number of methoxy groups -OCH3 is 1. The van der Waals surface area contributed by atoms with Crippen LogP contribution < -0.4 is 10.1 Å². The molecule has 160 valence electrons. The van der Waals surface area contributed by atoms with Gasteiger partial charge in [-0.25, -0.2) is 13.4 Å². The number of aromatic nitrogens is 1. The van der Waals surface area contributed by atoms with Crippen LogP contribution in [0.5, 0.6) is 5.75 Å². The fourth-order valence-corrected chi connectivity index (χ4v) is 4.64. The first kappa shape index (κ1) is 21.1. The number of nitrogens with zero attached hydrogens (tertiary/aromatic N) is 1. The second-order valence-corrected chi connectivity index (χ2v) is 9.96. The number of carbonyl (C=O) groups excluding carboxylic acids is 1. The third-order valence-corrected chi connectivity index (χ3v) is 7.27. The molecule has 7 nitrogen and oxygen atoms in total. The zero-order valence-corrected chi connectivity index (χ0v) is 18.5. The van der Waals surface area contributed by atoms with Crippen LogP contribution in [0.1, 0.15) is 12.5 Å². The molecule has 2 heterocycles. The minimum Gasteiger partial charge on any atom is -0.497 e. The SMILES string of the molecule is CCS(=O)(=O)c1ccc(CC(=O)Nc2nc(-c3cc4ccc(OC)cc4o3)cs2)cc1. The van der Waals surface area contributed by atoms with Gasteiger partial charge in [-0.3, -0.25) is 4.79 Å². The number of rotatable bonds is 7. The molecule has 0 saturated carbocycles. The average Bonchev–Trinajstić information content (AvgIpc) is 3.40. The van der Waals surface area contributed by atoms with Crippen molar-refractivity contribution in [1.29, 1.82) is 0 Å². The Morgan fingerprint density at radius 3 is 2.65 bits per heavy atom. The second kappa shape index (κ2) is 8.52. The first-order valence-electron chi connectivity index (χ1n) is 9.53. The van der Waals surface area contributed by atoms with Crippen LogP contribution in [0.4, 0.5) is 5.13 Å². The monoisotopic (exact) mass is 456 g/mol. The van der Waals surface area contributed by atoms with Crippen molar-refractivity contribution in [2.75, 3.05) is 18.2 Å². The molecule has 0 radical (unpaired) electrons. The van der Waals surface area contributed by atoms with Gasteiger partial charge in [0.2, 0.25) is 5.91 Å². The number of sulfone groups is 1. The van der Waals surface area contributed by atoms with E-state index in [4.69, 9.17) is 9.15 Å². The Morgan fingerprint density at radius 1 is 1.16 bits per heavy atom. The number of anilines is 1. The maximum atomic E-state index is 12.4. The number of nitrogens with one attached hydrogen (secondary N) is 1. The lowest BCUT2D eigenvalue weighted by molar-refractivity contribution is -0.115. The summed E-state index contributed by atoms with van der Waals surface area (Å²) in [5.74, 6) is 1.12. The van der Waals surface area contributed by atoms with E-state index in [0.29, 0.717) is 27.9 Å². The van der Waals surface area contributed by atoms with E-state index in [0.717, 1.165) is 10.9 Å². The molecule has 4 aromatic rings. The average molecular weight is 457 g/mol. The predicted molar refractivity (Wildman–Crippen MR) is 120 cm³/mol. The summed E-state index contributed by atoms with van der Waals surface area (Å²) in [6.07, 6.45) is 0.117. The summed E-state index contributed by atoms with van der Waals surface area (Å²) in [7, 11) is -1.66. The summed E-state index contributed by atoms with van der Waals surface area (Å²) in [6, 6.07) is 13.8. The normalized spacial score (nSPS) is 11.5. The van der Waals surface area contributed by atoms with Gasteiger partial charge in [-0.15, -0.1) is 11.3 Å².